The third kappa shape index (κ3) is 4.04. The van der Waals surface area contributed by atoms with Gasteiger partial charge in [-0.25, -0.2) is 4.79 Å². The molecule has 0 aromatic heterocycles. The first-order valence-electron chi connectivity index (χ1n) is 6.71. The van der Waals surface area contributed by atoms with E-state index in [0.717, 1.165) is 12.0 Å². The van der Waals surface area contributed by atoms with Crippen LogP contribution in [0.5, 0.6) is 5.75 Å². The van der Waals surface area contributed by atoms with Gasteiger partial charge in [0.15, 0.2) is 0 Å². The molecule has 1 saturated carbocycles. The Kier molecular flexibility index (Phi) is 4.14. The molecule has 20 heavy (non-hydrogen) atoms. The van der Waals surface area contributed by atoms with E-state index in [2.05, 4.69) is 5.32 Å². The summed E-state index contributed by atoms with van der Waals surface area (Å²) in [5.74, 6) is 0.842. The van der Waals surface area contributed by atoms with Crippen molar-refractivity contribution >= 4 is 17.7 Å². The number of carbonyl (C=O) groups is 1. The molecule has 5 heteroatoms. The minimum absolute atomic E-state index is 0.253. The maximum atomic E-state index is 11.6. The van der Waals surface area contributed by atoms with Gasteiger partial charge in [0.2, 0.25) is 0 Å². The second-order valence-electron chi connectivity index (χ2n) is 6.19. The van der Waals surface area contributed by atoms with Crippen molar-refractivity contribution in [2.24, 2.45) is 5.92 Å². The molecule has 0 spiro atoms. The minimum Gasteiger partial charge on any atom is -0.508 e. The van der Waals surface area contributed by atoms with Crippen LogP contribution in [0.2, 0.25) is 5.02 Å². The van der Waals surface area contributed by atoms with E-state index in [1.165, 1.54) is 0 Å². The van der Waals surface area contributed by atoms with Crippen molar-refractivity contribution < 1.29 is 14.6 Å². The lowest BCUT2D eigenvalue weighted by Gasteiger charge is -2.19. The summed E-state index contributed by atoms with van der Waals surface area (Å²) in [4.78, 5) is 11.6. The molecule has 0 radical (unpaired) electrons. The van der Waals surface area contributed by atoms with Gasteiger partial charge in [-0.1, -0.05) is 11.6 Å². The highest BCUT2D eigenvalue weighted by atomic mass is 35.5. The summed E-state index contributed by atoms with van der Waals surface area (Å²) in [6.45, 7) is 6.04. The van der Waals surface area contributed by atoms with Crippen LogP contribution in [0, 0.1) is 5.92 Å². The Labute approximate surface area is 124 Å². The SMILES string of the molecule is CC(C)(C)OC(=O)NCC1CC1c1cc(Cl)ccc1O. The maximum absolute atomic E-state index is 11.6. The van der Waals surface area contributed by atoms with Crippen molar-refractivity contribution in [2.75, 3.05) is 6.54 Å². The number of aromatic hydroxyl groups is 1. The van der Waals surface area contributed by atoms with Crippen molar-refractivity contribution in [1.29, 1.82) is 0 Å². The first-order chi connectivity index (χ1) is 9.26. The van der Waals surface area contributed by atoms with Gasteiger partial charge in [-0.05, 0) is 62.8 Å². The Balaban J connectivity index is 1.84. The van der Waals surface area contributed by atoms with E-state index >= 15 is 0 Å². The van der Waals surface area contributed by atoms with Gasteiger partial charge in [0.1, 0.15) is 11.4 Å². The normalized spacial score (nSPS) is 21.4. The van der Waals surface area contributed by atoms with Gasteiger partial charge < -0.3 is 15.2 Å². The van der Waals surface area contributed by atoms with E-state index in [1.54, 1.807) is 18.2 Å². The molecule has 2 N–H and O–H groups in total. The molecule has 1 fully saturated rings. The number of halogens is 1. The highest BCUT2D eigenvalue weighted by Gasteiger charge is 2.40. The molecule has 0 heterocycles. The van der Waals surface area contributed by atoms with Crippen molar-refractivity contribution in [3.05, 3.63) is 28.8 Å². The average Bonchev–Trinajstić information content (AvgIpc) is 3.07. The number of benzene rings is 1. The van der Waals surface area contributed by atoms with Crippen LogP contribution in [0.4, 0.5) is 4.79 Å². The highest BCUT2D eigenvalue weighted by Crippen LogP contribution is 2.50. The third-order valence-electron chi connectivity index (χ3n) is 3.22. The standard InChI is InChI=1S/C15H20ClNO3/c1-15(2,3)20-14(19)17-8-9-6-11(9)12-7-10(16)4-5-13(12)18/h4-5,7,9,11,18H,6,8H2,1-3H3,(H,17,19). The van der Waals surface area contributed by atoms with Crippen LogP contribution in [-0.2, 0) is 4.74 Å². The smallest absolute Gasteiger partial charge is 0.407 e. The minimum atomic E-state index is -0.488. The molecule has 1 aliphatic carbocycles. The summed E-state index contributed by atoms with van der Waals surface area (Å²) in [7, 11) is 0. The third-order valence-corrected chi connectivity index (χ3v) is 3.45. The fraction of sp³-hybridized carbons (Fsp3) is 0.533. The van der Waals surface area contributed by atoms with E-state index in [-0.39, 0.29) is 11.7 Å². The van der Waals surface area contributed by atoms with E-state index in [0.29, 0.717) is 17.5 Å². The second kappa shape index (κ2) is 5.52. The quantitative estimate of drug-likeness (QED) is 0.895. The second-order valence-corrected chi connectivity index (χ2v) is 6.62. The van der Waals surface area contributed by atoms with Gasteiger partial charge in [-0.15, -0.1) is 0 Å². The Morgan fingerprint density at radius 2 is 2.20 bits per heavy atom. The molecule has 2 atom stereocenters. The molecule has 0 saturated heterocycles. The topological polar surface area (TPSA) is 58.6 Å². The zero-order chi connectivity index (χ0) is 14.9. The molecule has 0 bridgehead atoms. The van der Waals surface area contributed by atoms with Crippen molar-refractivity contribution in [2.45, 2.75) is 38.7 Å². The first kappa shape index (κ1) is 15.0. The zero-order valence-corrected chi connectivity index (χ0v) is 12.7. The number of ether oxygens (including phenoxy) is 1. The summed E-state index contributed by atoms with van der Waals surface area (Å²) in [6, 6.07) is 5.06. The zero-order valence-electron chi connectivity index (χ0n) is 11.9. The highest BCUT2D eigenvalue weighted by molar-refractivity contribution is 6.30. The Morgan fingerprint density at radius 1 is 1.50 bits per heavy atom. The summed E-state index contributed by atoms with van der Waals surface area (Å²) in [6.07, 6.45) is 0.530. The summed E-state index contributed by atoms with van der Waals surface area (Å²) < 4.78 is 5.18. The van der Waals surface area contributed by atoms with Crippen LogP contribution in [0.3, 0.4) is 0 Å². The fourth-order valence-electron chi connectivity index (χ4n) is 2.21. The lowest BCUT2D eigenvalue weighted by Crippen LogP contribution is -2.33. The van der Waals surface area contributed by atoms with Crippen molar-refractivity contribution in [3.63, 3.8) is 0 Å². The fourth-order valence-corrected chi connectivity index (χ4v) is 2.39. The van der Waals surface area contributed by atoms with Crippen LogP contribution in [0.25, 0.3) is 0 Å². The average molecular weight is 298 g/mol. The van der Waals surface area contributed by atoms with Crippen molar-refractivity contribution in [3.8, 4) is 5.75 Å². The molecule has 0 aliphatic heterocycles. The van der Waals surface area contributed by atoms with Gasteiger partial charge in [0, 0.05) is 11.6 Å². The molecular formula is C15H20ClNO3. The van der Waals surface area contributed by atoms with E-state index in [4.69, 9.17) is 16.3 Å². The summed E-state index contributed by atoms with van der Waals surface area (Å²) in [5.41, 5.74) is 0.367. The molecule has 1 aliphatic rings. The van der Waals surface area contributed by atoms with Gasteiger partial charge in [0.25, 0.3) is 0 Å². The van der Waals surface area contributed by atoms with Gasteiger partial charge >= 0.3 is 6.09 Å². The van der Waals surface area contributed by atoms with Gasteiger partial charge in [-0.3, -0.25) is 0 Å². The number of nitrogens with one attached hydrogen (secondary N) is 1. The maximum Gasteiger partial charge on any atom is 0.407 e. The molecule has 1 amide bonds. The Hall–Kier alpha value is -1.42. The monoisotopic (exact) mass is 297 g/mol. The number of amides is 1. The van der Waals surface area contributed by atoms with E-state index in [9.17, 15) is 9.90 Å². The van der Waals surface area contributed by atoms with Crippen LogP contribution in [0.1, 0.15) is 38.7 Å². The number of carbonyl (C=O) groups excluding carboxylic acids is 1. The van der Waals surface area contributed by atoms with Crippen LogP contribution in [0.15, 0.2) is 18.2 Å². The predicted molar refractivity (Wildman–Crippen MR) is 78.2 cm³/mol. The summed E-state index contributed by atoms with van der Waals surface area (Å²) in [5, 5.41) is 13.2. The molecule has 1 aromatic rings. The lowest BCUT2D eigenvalue weighted by molar-refractivity contribution is 0.0525. The molecule has 2 rings (SSSR count). The molecule has 1 aromatic carbocycles. The van der Waals surface area contributed by atoms with Crippen molar-refractivity contribution in [1.82, 2.24) is 5.32 Å². The Bertz CT molecular complexity index is 510. The molecule has 110 valence electrons. The number of phenolic OH excluding ortho intramolecular Hbond substituents is 1. The van der Waals surface area contributed by atoms with Gasteiger partial charge in [-0.2, -0.15) is 0 Å². The van der Waals surface area contributed by atoms with E-state index < -0.39 is 11.7 Å². The van der Waals surface area contributed by atoms with Crippen LogP contribution < -0.4 is 5.32 Å². The van der Waals surface area contributed by atoms with Crippen LogP contribution in [-0.4, -0.2) is 23.3 Å². The number of rotatable bonds is 3. The summed E-state index contributed by atoms with van der Waals surface area (Å²) >= 11 is 5.94. The first-order valence-corrected chi connectivity index (χ1v) is 7.09. The number of phenols is 1. The van der Waals surface area contributed by atoms with Gasteiger partial charge in [0.05, 0.1) is 0 Å². The lowest BCUT2D eigenvalue weighted by atomic mass is 10.1. The molecule has 2 unspecified atom stereocenters. The Morgan fingerprint density at radius 3 is 2.85 bits per heavy atom. The predicted octanol–water partition coefficient (Wildman–Crippen LogP) is 3.67. The van der Waals surface area contributed by atoms with Crippen LogP contribution >= 0.6 is 11.6 Å². The molecule has 4 nitrogen and oxygen atoms in total. The van der Waals surface area contributed by atoms with E-state index in [1.807, 2.05) is 20.8 Å². The number of hydrogen-bond donors (Lipinski definition) is 2. The molecular weight excluding hydrogens is 278 g/mol. The number of alkyl carbamates (subject to hydrolysis) is 1. The largest absolute Gasteiger partial charge is 0.508 e. The number of hydrogen-bond acceptors (Lipinski definition) is 3.